The van der Waals surface area contributed by atoms with Crippen molar-refractivity contribution in [2.24, 2.45) is 0 Å². The minimum atomic E-state index is -0.555. The van der Waals surface area contributed by atoms with Crippen LogP contribution in [0.25, 0.3) is 0 Å². The van der Waals surface area contributed by atoms with Crippen molar-refractivity contribution < 1.29 is 23.7 Å². The second-order valence-electron chi connectivity index (χ2n) is 5.05. The van der Waals surface area contributed by atoms with Gasteiger partial charge in [-0.2, -0.15) is 0 Å². The largest absolute Gasteiger partial charge is 0.455 e. The lowest BCUT2D eigenvalue weighted by atomic mass is 10.1. The Morgan fingerprint density at radius 3 is 2.71 bits per heavy atom. The van der Waals surface area contributed by atoms with Crippen molar-refractivity contribution in [3.63, 3.8) is 0 Å². The van der Waals surface area contributed by atoms with Crippen molar-refractivity contribution in [3.05, 3.63) is 12.2 Å². The molecule has 0 amide bonds. The number of carbonyl (C=O) groups excluding carboxylic acids is 1. The van der Waals surface area contributed by atoms with Crippen LogP contribution in [0.1, 0.15) is 20.3 Å². The molecule has 0 aromatic heterocycles. The van der Waals surface area contributed by atoms with Gasteiger partial charge in [-0.25, -0.2) is 0 Å². The molecule has 0 N–H and O–H groups in total. The van der Waals surface area contributed by atoms with Crippen LogP contribution >= 0.6 is 0 Å². The predicted octanol–water partition coefficient (Wildman–Crippen LogP) is 0.777. The zero-order valence-corrected chi connectivity index (χ0v) is 9.92. The van der Waals surface area contributed by atoms with E-state index in [2.05, 4.69) is 0 Å². The number of hydrogen-bond donors (Lipinski definition) is 0. The van der Waals surface area contributed by atoms with Gasteiger partial charge in [-0.3, -0.25) is 4.79 Å². The lowest BCUT2D eigenvalue weighted by molar-refractivity contribution is -0.159. The van der Waals surface area contributed by atoms with E-state index in [9.17, 15) is 4.79 Å². The molecule has 3 aliphatic heterocycles. The molecule has 0 spiro atoms. The van der Waals surface area contributed by atoms with Gasteiger partial charge in [0.2, 0.25) is 0 Å². The molecule has 0 aromatic rings. The first kappa shape index (κ1) is 11.2. The second kappa shape index (κ2) is 3.80. The maximum absolute atomic E-state index is 11.1. The number of carbonyl (C=O) groups is 1. The molecule has 2 fully saturated rings. The fourth-order valence-electron chi connectivity index (χ4n) is 2.40. The number of ether oxygens (including phenoxy) is 4. The number of rotatable bonds is 1. The van der Waals surface area contributed by atoms with E-state index in [1.165, 1.54) is 0 Å². The van der Waals surface area contributed by atoms with E-state index in [-0.39, 0.29) is 30.4 Å². The van der Waals surface area contributed by atoms with Crippen LogP contribution in [0.15, 0.2) is 12.2 Å². The maximum Gasteiger partial charge on any atom is 0.309 e. The molecule has 0 saturated carbocycles. The van der Waals surface area contributed by atoms with Crippen LogP contribution in [0.3, 0.4) is 0 Å². The highest BCUT2D eigenvalue weighted by Gasteiger charge is 2.43. The zero-order valence-electron chi connectivity index (χ0n) is 9.92. The van der Waals surface area contributed by atoms with E-state index < -0.39 is 5.79 Å². The van der Waals surface area contributed by atoms with Gasteiger partial charge in [0.15, 0.2) is 5.79 Å². The minimum Gasteiger partial charge on any atom is -0.455 e. The summed E-state index contributed by atoms with van der Waals surface area (Å²) < 4.78 is 22.2. The molecule has 0 bridgehead atoms. The standard InChI is InChI=1S/C12H16O5/c1-12(2)14-6-10(17-12)8-4-3-7-9(15-8)5-11(13)16-7/h3-4,7-10H,5-6H2,1-2H3/t7-,8+,9-,10?/m0/s1. The molecule has 0 radical (unpaired) electrons. The van der Waals surface area contributed by atoms with Crippen LogP contribution < -0.4 is 0 Å². The molecule has 4 atom stereocenters. The summed E-state index contributed by atoms with van der Waals surface area (Å²) in [6.07, 6.45) is 3.43. The zero-order chi connectivity index (χ0) is 12.0. The molecular formula is C12H16O5. The van der Waals surface area contributed by atoms with E-state index in [0.717, 1.165) is 0 Å². The van der Waals surface area contributed by atoms with Crippen LogP contribution in [0.4, 0.5) is 0 Å². The molecule has 17 heavy (non-hydrogen) atoms. The first-order valence-corrected chi connectivity index (χ1v) is 5.88. The molecule has 3 rings (SSSR count). The molecule has 94 valence electrons. The van der Waals surface area contributed by atoms with Crippen LogP contribution in [0.5, 0.6) is 0 Å². The molecule has 3 aliphatic rings. The van der Waals surface area contributed by atoms with Gasteiger partial charge in [-0.05, 0) is 19.9 Å². The summed E-state index contributed by atoms with van der Waals surface area (Å²) in [4.78, 5) is 11.1. The molecular weight excluding hydrogens is 224 g/mol. The first-order chi connectivity index (χ1) is 8.03. The van der Waals surface area contributed by atoms with Gasteiger partial charge < -0.3 is 18.9 Å². The third-order valence-corrected chi connectivity index (χ3v) is 3.22. The molecule has 0 aliphatic carbocycles. The minimum absolute atomic E-state index is 0.113. The Morgan fingerprint density at radius 1 is 1.24 bits per heavy atom. The lowest BCUT2D eigenvalue weighted by Gasteiger charge is -2.29. The Balaban J connectivity index is 1.67. The average Bonchev–Trinajstić information content (AvgIpc) is 2.78. The number of fused-ring (bicyclic) bond motifs is 1. The summed E-state index contributed by atoms with van der Waals surface area (Å²) in [7, 11) is 0. The lowest BCUT2D eigenvalue weighted by Crippen LogP contribution is -2.40. The van der Waals surface area contributed by atoms with E-state index in [1.54, 1.807) is 0 Å². The van der Waals surface area contributed by atoms with Crippen molar-refractivity contribution in [3.8, 4) is 0 Å². The number of esters is 1. The highest BCUT2D eigenvalue weighted by molar-refractivity contribution is 5.73. The fourth-order valence-corrected chi connectivity index (χ4v) is 2.40. The first-order valence-electron chi connectivity index (χ1n) is 5.88. The molecule has 3 heterocycles. The van der Waals surface area contributed by atoms with Gasteiger partial charge in [0.25, 0.3) is 0 Å². The van der Waals surface area contributed by atoms with E-state index in [4.69, 9.17) is 18.9 Å². The normalized spacial score (nSPS) is 43.5. The van der Waals surface area contributed by atoms with E-state index in [1.807, 2.05) is 26.0 Å². The Kier molecular flexibility index (Phi) is 2.50. The molecule has 5 heteroatoms. The van der Waals surface area contributed by atoms with Gasteiger partial charge in [-0.1, -0.05) is 6.08 Å². The topological polar surface area (TPSA) is 54.0 Å². The molecule has 5 nitrogen and oxygen atoms in total. The summed E-state index contributed by atoms with van der Waals surface area (Å²) in [6.45, 7) is 4.27. The van der Waals surface area contributed by atoms with Crippen molar-refractivity contribution in [1.82, 2.24) is 0 Å². The second-order valence-corrected chi connectivity index (χ2v) is 5.05. The highest BCUT2D eigenvalue weighted by atomic mass is 16.8. The highest BCUT2D eigenvalue weighted by Crippen LogP contribution is 2.31. The van der Waals surface area contributed by atoms with Gasteiger partial charge in [0.05, 0.1) is 13.0 Å². The van der Waals surface area contributed by atoms with Crippen molar-refractivity contribution in [1.29, 1.82) is 0 Å². The van der Waals surface area contributed by atoms with Gasteiger partial charge in [0, 0.05) is 0 Å². The van der Waals surface area contributed by atoms with Crippen LogP contribution in [-0.4, -0.2) is 42.8 Å². The summed E-state index contributed by atoms with van der Waals surface area (Å²) in [6, 6.07) is 0. The average molecular weight is 240 g/mol. The van der Waals surface area contributed by atoms with Crippen molar-refractivity contribution in [2.45, 2.75) is 50.5 Å². The molecule has 1 unspecified atom stereocenters. The van der Waals surface area contributed by atoms with Crippen LogP contribution in [-0.2, 0) is 23.7 Å². The number of hydrogen-bond acceptors (Lipinski definition) is 5. The summed E-state index contributed by atoms with van der Waals surface area (Å²) in [5.74, 6) is -0.755. The Bertz CT molecular complexity index is 362. The monoisotopic (exact) mass is 240 g/mol. The Hall–Kier alpha value is -0.910. The van der Waals surface area contributed by atoms with Crippen LogP contribution in [0, 0.1) is 0 Å². The fraction of sp³-hybridized carbons (Fsp3) is 0.750. The Morgan fingerprint density at radius 2 is 2.00 bits per heavy atom. The predicted molar refractivity (Wildman–Crippen MR) is 57.2 cm³/mol. The molecule has 2 saturated heterocycles. The molecule has 0 aromatic carbocycles. The van der Waals surface area contributed by atoms with Gasteiger partial charge in [0.1, 0.15) is 24.4 Å². The maximum atomic E-state index is 11.1. The smallest absolute Gasteiger partial charge is 0.309 e. The van der Waals surface area contributed by atoms with E-state index >= 15 is 0 Å². The van der Waals surface area contributed by atoms with Crippen molar-refractivity contribution >= 4 is 5.97 Å². The summed E-state index contributed by atoms with van der Waals surface area (Å²) in [5, 5.41) is 0. The third-order valence-electron chi connectivity index (χ3n) is 3.22. The van der Waals surface area contributed by atoms with Gasteiger partial charge in [-0.15, -0.1) is 0 Å². The van der Waals surface area contributed by atoms with Crippen molar-refractivity contribution in [2.75, 3.05) is 6.61 Å². The van der Waals surface area contributed by atoms with Crippen LogP contribution in [0.2, 0.25) is 0 Å². The third kappa shape index (κ3) is 2.10. The summed E-state index contributed by atoms with van der Waals surface area (Å²) >= 11 is 0. The van der Waals surface area contributed by atoms with Gasteiger partial charge >= 0.3 is 5.97 Å². The SMILES string of the molecule is CC1(C)OCC([C@H]2C=C[C@@H]3OC(=O)C[C@@H]3O2)O1. The van der Waals surface area contributed by atoms with E-state index in [0.29, 0.717) is 13.0 Å². The quantitative estimate of drug-likeness (QED) is 0.500. The Labute approximate surface area is 99.7 Å². The summed E-state index contributed by atoms with van der Waals surface area (Å²) in [5.41, 5.74) is 0.